The smallest absolute Gasteiger partial charge is 0.321 e. The summed E-state index contributed by atoms with van der Waals surface area (Å²) in [7, 11) is 0. The number of amides is 3. The first-order chi connectivity index (χ1) is 11.2. The van der Waals surface area contributed by atoms with Crippen LogP contribution in [-0.2, 0) is 4.79 Å². The Morgan fingerprint density at radius 2 is 1.70 bits per heavy atom. The first-order valence-corrected chi connectivity index (χ1v) is 7.32. The Kier molecular flexibility index (Phi) is 5.99. The van der Waals surface area contributed by atoms with Gasteiger partial charge in [-0.2, -0.15) is 0 Å². The lowest BCUT2D eigenvalue weighted by Crippen LogP contribution is -2.41. The molecule has 0 aromatic heterocycles. The van der Waals surface area contributed by atoms with Crippen LogP contribution in [0, 0.1) is 0 Å². The van der Waals surface area contributed by atoms with Gasteiger partial charge in [-0.15, -0.1) is 0 Å². The predicted octanol–water partition coefficient (Wildman–Crippen LogP) is 2.74. The highest BCUT2D eigenvalue weighted by atomic mass is 16.5. The Hall–Kier alpha value is -3.02. The van der Waals surface area contributed by atoms with Gasteiger partial charge in [0.15, 0.2) is 5.75 Å². The summed E-state index contributed by atoms with van der Waals surface area (Å²) in [5.74, 6) is 0.878. The van der Waals surface area contributed by atoms with E-state index in [1.807, 2.05) is 42.5 Å². The summed E-state index contributed by atoms with van der Waals surface area (Å²) in [6, 6.07) is 16.1. The molecule has 0 bridgehead atoms. The van der Waals surface area contributed by atoms with Crippen molar-refractivity contribution in [2.75, 3.05) is 18.4 Å². The van der Waals surface area contributed by atoms with E-state index < -0.39 is 11.9 Å². The molecule has 0 radical (unpaired) electrons. The number of urea groups is 1. The van der Waals surface area contributed by atoms with E-state index in [2.05, 4.69) is 16.0 Å². The van der Waals surface area contributed by atoms with E-state index in [9.17, 15) is 9.59 Å². The molecular weight excluding hydrogens is 294 g/mol. The maximum absolute atomic E-state index is 11.7. The van der Waals surface area contributed by atoms with Gasteiger partial charge in [0.25, 0.3) is 0 Å². The van der Waals surface area contributed by atoms with Crippen molar-refractivity contribution in [1.82, 2.24) is 10.6 Å². The van der Waals surface area contributed by atoms with Crippen LogP contribution in [0.4, 0.5) is 10.5 Å². The molecule has 0 unspecified atom stereocenters. The van der Waals surface area contributed by atoms with E-state index in [4.69, 9.17) is 4.74 Å². The summed E-state index contributed by atoms with van der Waals surface area (Å²) >= 11 is 0. The number of hydrogen-bond acceptors (Lipinski definition) is 4. The molecule has 0 fully saturated rings. The van der Waals surface area contributed by atoms with E-state index >= 15 is 0 Å². The summed E-state index contributed by atoms with van der Waals surface area (Å²) in [5, 5.41) is 7.69. The molecule has 2 aromatic rings. The highest BCUT2D eigenvalue weighted by Gasteiger charge is 2.09. The number of rotatable bonds is 6. The van der Waals surface area contributed by atoms with Crippen LogP contribution < -0.4 is 20.7 Å². The number of carbonyl (C=O) groups excluding carboxylic acids is 2. The lowest BCUT2D eigenvalue weighted by atomic mass is 10.3. The number of ether oxygens (including phenoxy) is 1. The van der Waals surface area contributed by atoms with E-state index in [-0.39, 0.29) is 6.54 Å². The molecule has 0 saturated carbocycles. The summed E-state index contributed by atoms with van der Waals surface area (Å²) in [6.07, 6.45) is 0. The van der Waals surface area contributed by atoms with Gasteiger partial charge in [-0.25, -0.2) is 4.79 Å². The Bertz CT molecular complexity index is 659. The van der Waals surface area contributed by atoms with Crippen molar-refractivity contribution < 1.29 is 14.3 Å². The minimum Gasteiger partial charge on any atom is -0.455 e. The molecule has 6 heteroatoms. The molecule has 0 aliphatic heterocycles. The lowest BCUT2D eigenvalue weighted by molar-refractivity contribution is -0.118. The van der Waals surface area contributed by atoms with Crippen molar-refractivity contribution in [2.24, 2.45) is 0 Å². The topological polar surface area (TPSA) is 79.5 Å². The number of imide groups is 1. The molecule has 0 aliphatic carbocycles. The summed E-state index contributed by atoms with van der Waals surface area (Å²) in [4.78, 5) is 23.0. The third-order valence-corrected chi connectivity index (χ3v) is 2.89. The third kappa shape index (κ3) is 5.35. The Labute approximate surface area is 134 Å². The first kappa shape index (κ1) is 16.4. The Morgan fingerprint density at radius 1 is 1.00 bits per heavy atom. The first-order valence-electron chi connectivity index (χ1n) is 7.32. The van der Waals surface area contributed by atoms with Gasteiger partial charge < -0.3 is 15.4 Å². The van der Waals surface area contributed by atoms with Crippen molar-refractivity contribution in [3.8, 4) is 11.5 Å². The van der Waals surface area contributed by atoms with Crippen molar-refractivity contribution >= 4 is 17.6 Å². The van der Waals surface area contributed by atoms with Crippen LogP contribution in [0.3, 0.4) is 0 Å². The predicted molar refractivity (Wildman–Crippen MR) is 88.7 cm³/mol. The Balaban J connectivity index is 1.95. The van der Waals surface area contributed by atoms with Crippen LogP contribution in [0.2, 0.25) is 0 Å². The fraction of sp³-hybridized carbons (Fsp3) is 0.176. The van der Waals surface area contributed by atoms with Crippen molar-refractivity contribution in [3.63, 3.8) is 0 Å². The standard InChI is InChI=1S/C17H19N3O3/c1-2-18-17(22)20-16(21)12-19-14-10-6-7-11-15(14)23-13-8-4-3-5-9-13/h3-11,19H,2,12H2,1H3,(H2,18,20,21,22). The number of anilines is 1. The SMILES string of the molecule is CCNC(=O)NC(=O)CNc1ccccc1Oc1ccccc1. The molecule has 0 aliphatic rings. The number of benzene rings is 2. The van der Waals surface area contributed by atoms with Crippen LogP contribution in [0.15, 0.2) is 54.6 Å². The zero-order valence-electron chi connectivity index (χ0n) is 12.8. The average molecular weight is 313 g/mol. The van der Waals surface area contributed by atoms with E-state index in [1.165, 1.54) is 0 Å². The molecule has 0 saturated heterocycles. The van der Waals surface area contributed by atoms with Gasteiger partial charge in [0.1, 0.15) is 5.75 Å². The minimum absolute atomic E-state index is 0.0354. The molecule has 3 N–H and O–H groups in total. The van der Waals surface area contributed by atoms with Gasteiger partial charge in [0, 0.05) is 6.54 Å². The van der Waals surface area contributed by atoms with Crippen molar-refractivity contribution in [3.05, 3.63) is 54.6 Å². The van der Waals surface area contributed by atoms with Gasteiger partial charge in [-0.3, -0.25) is 10.1 Å². The van der Waals surface area contributed by atoms with Gasteiger partial charge in [-0.1, -0.05) is 30.3 Å². The molecule has 2 aromatic carbocycles. The van der Waals surface area contributed by atoms with Gasteiger partial charge in [-0.05, 0) is 31.2 Å². The Morgan fingerprint density at radius 3 is 2.43 bits per heavy atom. The number of nitrogens with one attached hydrogen (secondary N) is 3. The fourth-order valence-corrected chi connectivity index (χ4v) is 1.87. The summed E-state index contributed by atoms with van der Waals surface area (Å²) < 4.78 is 5.79. The molecule has 0 heterocycles. The highest BCUT2D eigenvalue weighted by molar-refractivity contribution is 5.96. The highest BCUT2D eigenvalue weighted by Crippen LogP contribution is 2.28. The van der Waals surface area contributed by atoms with Crippen LogP contribution in [0.5, 0.6) is 11.5 Å². The quantitative estimate of drug-likeness (QED) is 0.766. The van der Waals surface area contributed by atoms with Crippen LogP contribution in [0.25, 0.3) is 0 Å². The zero-order valence-corrected chi connectivity index (χ0v) is 12.8. The lowest BCUT2D eigenvalue weighted by Gasteiger charge is -2.12. The third-order valence-electron chi connectivity index (χ3n) is 2.89. The number of para-hydroxylation sites is 3. The molecular formula is C17H19N3O3. The van der Waals surface area contributed by atoms with Crippen molar-refractivity contribution in [2.45, 2.75) is 6.92 Å². The van der Waals surface area contributed by atoms with Gasteiger partial charge in [0.2, 0.25) is 5.91 Å². The molecule has 3 amide bonds. The second-order valence-corrected chi connectivity index (χ2v) is 4.67. The van der Waals surface area contributed by atoms with Gasteiger partial charge in [0.05, 0.1) is 12.2 Å². The van der Waals surface area contributed by atoms with E-state index in [0.29, 0.717) is 23.7 Å². The normalized spacial score (nSPS) is 9.78. The van der Waals surface area contributed by atoms with E-state index in [1.54, 1.807) is 19.1 Å². The fourth-order valence-electron chi connectivity index (χ4n) is 1.87. The average Bonchev–Trinajstić information content (AvgIpc) is 2.55. The van der Waals surface area contributed by atoms with E-state index in [0.717, 1.165) is 0 Å². The molecule has 6 nitrogen and oxygen atoms in total. The second kappa shape index (κ2) is 8.43. The number of carbonyl (C=O) groups is 2. The molecule has 0 spiro atoms. The van der Waals surface area contributed by atoms with Gasteiger partial charge >= 0.3 is 6.03 Å². The molecule has 120 valence electrons. The monoisotopic (exact) mass is 313 g/mol. The minimum atomic E-state index is -0.506. The molecule has 23 heavy (non-hydrogen) atoms. The van der Waals surface area contributed by atoms with Crippen LogP contribution >= 0.6 is 0 Å². The second-order valence-electron chi connectivity index (χ2n) is 4.67. The number of hydrogen-bond donors (Lipinski definition) is 3. The van der Waals surface area contributed by atoms with Crippen LogP contribution in [-0.4, -0.2) is 25.0 Å². The maximum Gasteiger partial charge on any atom is 0.321 e. The largest absolute Gasteiger partial charge is 0.455 e. The molecule has 2 rings (SSSR count). The summed E-state index contributed by atoms with van der Waals surface area (Å²) in [5.41, 5.74) is 0.669. The maximum atomic E-state index is 11.7. The van der Waals surface area contributed by atoms with Crippen LogP contribution in [0.1, 0.15) is 6.92 Å². The summed E-state index contributed by atoms with van der Waals surface area (Å²) in [6.45, 7) is 2.20. The van der Waals surface area contributed by atoms with Crippen molar-refractivity contribution in [1.29, 1.82) is 0 Å². The molecule has 0 atom stereocenters. The zero-order chi connectivity index (χ0) is 16.5.